The normalized spacial score (nSPS) is 15.4. The quantitative estimate of drug-likeness (QED) is 0.380. The van der Waals surface area contributed by atoms with Crippen LogP contribution in [0.3, 0.4) is 0 Å². The fourth-order valence-corrected chi connectivity index (χ4v) is 35.5. The van der Waals surface area contributed by atoms with E-state index in [2.05, 4.69) is 93.5 Å². The summed E-state index contributed by atoms with van der Waals surface area (Å²) in [6.07, 6.45) is 1.33. The summed E-state index contributed by atoms with van der Waals surface area (Å²) >= 11 is 0. The summed E-state index contributed by atoms with van der Waals surface area (Å²) in [5.41, 5.74) is 0. The van der Waals surface area contributed by atoms with Crippen molar-refractivity contribution >= 4 is 41.2 Å². The minimum absolute atomic E-state index is 0.124. The third-order valence-corrected chi connectivity index (χ3v) is 27.9. The van der Waals surface area contributed by atoms with E-state index in [1.54, 1.807) is 0 Å². The standard InChI is InChI=1S/C14H41N2PSi4/c1-14-17(15(18(2,3)4)19(5,6)7)16(20(8,9)10)21(11,12)13/h14H2,1-13H3. The van der Waals surface area contributed by atoms with Crippen molar-refractivity contribution in [3.63, 3.8) is 0 Å². The minimum Gasteiger partial charge on any atom is -0.313 e. The molecule has 128 valence electrons. The van der Waals surface area contributed by atoms with Crippen LogP contribution in [-0.2, 0) is 0 Å². The summed E-state index contributed by atoms with van der Waals surface area (Å²) in [6, 6.07) is 0. The first kappa shape index (κ1) is 22.2. The lowest BCUT2D eigenvalue weighted by atomic mass is 11.0. The van der Waals surface area contributed by atoms with Gasteiger partial charge in [-0.2, -0.15) is 0 Å². The summed E-state index contributed by atoms with van der Waals surface area (Å²) < 4.78 is 6.21. The van der Waals surface area contributed by atoms with E-state index in [1.807, 2.05) is 0 Å². The molecule has 7 heteroatoms. The van der Waals surface area contributed by atoms with Crippen LogP contribution in [0.5, 0.6) is 0 Å². The maximum absolute atomic E-state index is 3.10. The van der Waals surface area contributed by atoms with Gasteiger partial charge in [-0.15, -0.1) is 0 Å². The third kappa shape index (κ3) is 6.32. The van der Waals surface area contributed by atoms with Gasteiger partial charge in [0.05, 0.1) is 0 Å². The van der Waals surface area contributed by atoms with Gasteiger partial charge in [-0.3, -0.25) is 0 Å². The molecular weight excluding hydrogens is 339 g/mol. The highest BCUT2D eigenvalue weighted by atomic mass is 31.1. The van der Waals surface area contributed by atoms with Crippen molar-refractivity contribution in [3.8, 4) is 0 Å². The van der Waals surface area contributed by atoms with Gasteiger partial charge in [0.25, 0.3) is 0 Å². The fraction of sp³-hybridized carbons (Fsp3) is 1.00. The molecule has 0 aliphatic carbocycles. The Balaban J connectivity index is 6.04. The van der Waals surface area contributed by atoms with Crippen LogP contribution in [0.25, 0.3) is 0 Å². The summed E-state index contributed by atoms with van der Waals surface area (Å²) in [4.78, 5) is 0. The Labute approximate surface area is 140 Å². The van der Waals surface area contributed by atoms with E-state index in [1.165, 1.54) is 6.16 Å². The van der Waals surface area contributed by atoms with E-state index in [-0.39, 0.29) is 8.22 Å². The molecule has 2 nitrogen and oxygen atoms in total. The summed E-state index contributed by atoms with van der Waals surface area (Å²) in [5.74, 6) is 0. The zero-order valence-corrected chi connectivity index (χ0v) is 21.9. The van der Waals surface area contributed by atoms with Gasteiger partial charge in [-0.05, 0) is 6.16 Å². The second-order valence-electron chi connectivity index (χ2n) is 10.00. The van der Waals surface area contributed by atoms with E-state index in [9.17, 15) is 0 Å². The molecule has 0 aromatic heterocycles. The van der Waals surface area contributed by atoms with E-state index < -0.39 is 32.9 Å². The Kier molecular flexibility index (Phi) is 7.40. The molecule has 0 atom stereocenters. The van der Waals surface area contributed by atoms with Crippen molar-refractivity contribution in [2.45, 2.75) is 85.5 Å². The van der Waals surface area contributed by atoms with Gasteiger partial charge in [0.15, 0.2) is 0 Å². The van der Waals surface area contributed by atoms with Crippen LogP contribution in [0.2, 0.25) is 78.6 Å². The Hall–Kier alpha value is 1.22. The predicted molar refractivity (Wildman–Crippen MR) is 115 cm³/mol. The molecule has 0 fully saturated rings. The van der Waals surface area contributed by atoms with Crippen molar-refractivity contribution in [2.75, 3.05) is 6.16 Å². The lowest BCUT2D eigenvalue weighted by molar-refractivity contribution is 0.854. The second-order valence-corrected chi connectivity index (χ2v) is 33.7. The maximum Gasteiger partial charge on any atom is 0.117 e. The average molecular weight is 381 g/mol. The zero-order chi connectivity index (χ0) is 17.4. The van der Waals surface area contributed by atoms with Crippen LogP contribution in [0.15, 0.2) is 0 Å². The van der Waals surface area contributed by atoms with Gasteiger partial charge in [0, 0.05) is 8.22 Å². The molecule has 0 N–H and O–H groups in total. The molecule has 0 aliphatic rings. The highest BCUT2D eigenvalue weighted by Crippen LogP contribution is 2.54. The Morgan fingerprint density at radius 3 is 0.810 bits per heavy atom. The van der Waals surface area contributed by atoms with Crippen LogP contribution in [0, 0.1) is 0 Å². The molecule has 0 radical (unpaired) electrons. The number of nitrogens with zero attached hydrogens (tertiary/aromatic N) is 2. The highest BCUT2D eigenvalue weighted by molar-refractivity contribution is 7.62. The van der Waals surface area contributed by atoms with Crippen molar-refractivity contribution in [2.24, 2.45) is 0 Å². The predicted octanol–water partition coefficient (Wildman–Crippen LogP) is 6.26. The average Bonchev–Trinajstić information content (AvgIpc) is 2.06. The van der Waals surface area contributed by atoms with Crippen LogP contribution in [-0.4, -0.2) is 47.1 Å². The maximum atomic E-state index is 3.10. The summed E-state index contributed by atoms with van der Waals surface area (Å²) in [6.45, 7) is 33.1. The van der Waals surface area contributed by atoms with Crippen LogP contribution >= 0.6 is 8.22 Å². The van der Waals surface area contributed by atoms with Gasteiger partial charge in [0.1, 0.15) is 32.9 Å². The topological polar surface area (TPSA) is 6.48 Å². The van der Waals surface area contributed by atoms with Gasteiger partial charge in [-0.1, -0.05) is 85.5 Å². The first-order valence-corrected chi connectivity index (χ1v) is 23.5. The molecule has 0 heterocycles. The fourth-order valence-electron chi connectivity index (χ4n) is 3.77. The Morgan fingerprint density at radius 2 is 0.714 bits per heavy atom. The van der Waals surface area contributed by atoms with Crippen molar-refractivity contribution < 1.29 is 0 Å². The van der Waals surface area contributed by atoms with Gasteiger partial charge in [0.2, 0.25) is 0 Å². The van der Waals surface area contributed by atoms with Crippen molar-refractivity contribution in [1.82, 2.24) is 8.00 Å². The lowest BCUT2D eigenvalue weighted by Gasteiger charge is -2.58. The Morgan fingerprint density at radius 1 is 0.524 bits per heavy atom. The smallest absolute Gasteiger partial charge is 0.117 e. The molecule has 0 rings (SSSR count). The number of hydrogen-bond donors (Lipinski definition) is 0. The van der Waals surface area contributed by atoms with E-state index >= 15 is 0 Å². The molecule has 21 heavy (non-hydrogen) atoms. The second kappa shape index (κ2) is 6.99. The molecule has 0 spiro atoms. The lowest BCUT2D eigenvalue weighted by Crippen LogP contribution is -2.64. The summed E-state index contributed by atoms with van der Waals surface area (Å²) in [7, 11) is -5.32. The molecule has 0 aromatic carbocycles. The Bertz CT molecular complexity index is 277. The number of hydrogen-bond acceptors (Lipinski definition) is 2. The van der Waals surface area contributed by atoms with Crippen molar-refractivity contribution in [1.29, 1.82) is 0 Å². The van der Waals surface area contributed by atoms with Crippen LogP contribution in [0.4, 0.5) is 0 Å². The molecule has 0 unspecified atom stereocenters. The van der Waals surface area contributed by atoms with E-state index in [4.69, 9.17) is 0 Å². The largest absolute Gasteiger partial charge is 0.313 e. The number of rotatable bonds is 7. The zero-order valence-electron chi connectivity index (χ0n) is 17.0. The molecular formula is C14H41N2PSi4. The molecule has 0 aliphatic heterocycles. The monoisotopic (exact) mass is 380 g/mol. The van der Waals surface area contributed by atoms with Crippen LogP contribution in [0.1, 0.15) is 6.92 Å². The highest BCUT2D eigenvalue weighted by Gasteiger charge is 2.47. The van der Waals surface area contributed by atoms with E-state index in [0.29, 0.717) is 0 Å². The van der Waals surface area contributed by atoms with Crippen LogP contribution < -0.4 is 0 Å². The molecule has 0 amide bonds. The SMILES string of the molecule is CCP(N([Si](C)(C)C)[Si](C)(C)C)N([Si](C)(C)C)[Si](C)(C)C. The first-order chi connectivity index (χ1) is 8.94. The minimum atomic E-state index is -1.30. The molecule has 0 saturated heterocycles. The van der Waals surface area contributed by atoms with Gasteiger partial charge < -0.3 is 8.00 Å². The summed E-state index contributed by atoms with van der Waals surface area (Å²) in [5, 5.41) is 0. The van der Waals surface area contributed by atoms with Gasteiger partial charge >= 0.3 is 0 Å². The molecule has 0 aromatic rings. The molecule has 0 bridgehead atoms. The third-order valence-electron chi connectivity index (χ3n) is 3.29. The van der Waals surface area contributed by atoms with E-state index in [0.717, 1.165) is 0 Å². The van der Waals surface area contributed by atoms with Crippen molar-refractivity contribution in [3.05, 3.63) is 0 Å². The first-order valence-electron chi connectivity index (χ1n) is 8.32. The van der Waals surface area contributed by atoms with Gasteiger partial charge in [-0.25, -0.2) is 0 Å². The molecule has 0 saturated carbocycles.